The number of benzene rings is 1. The van der Waals surface area contributed by atoms with Crippen molar-refractivity contribution < 1.29 is 0 Å². The van der Waals surface area contributed by atoms with Crippen molar-refractivity contribution in [1.29, 1.82) is 5.26 Å². The zero-order valence-electron chi connectivity index (χ0n) is 13.0. The minimum atomic E-state index is -0.202. The molecule has 0 aliphatic carbocycles. The molecule has 0 aromatic heterocycles. The van der Waals surface area contributed by atoms with Gasteiger partial charge in [-0.05, 0) is 51.3 Å². The third kappa shape index (κ3) is 5.52. The molecule has 0 aliphatic heterocycles. The molecular weight excluding hydrogens is 246 g/mol. The van der Waals surface area contributed by atoms with Crippen LogP contribution in [0.25, 0.3) is 0 Å². The second kappa shape index (κ2) is 7.79. The van der Waals surface area contributed by atoms with Crippen LogP contribution < -0.4 is 10.6 Å². The smallest absolute Gasteiger partial charge is 0.0683 e. The van der Waals surface area contributed by atoms with E-state index in [1.54, 1.807) is 0 Å². The summed E-state index contributed by atoms with van der Waals surface area (Å²) in [5.41, 5.74) is 7.67. The first-order valence-electron chi connectivity index (χ1n) is 7.50. The van der Waals surface area contributed by atoms with Crippen LogP contribution >= 0.6 is 0 Å². The Morgan fingerprint density at radius 2 is 2.00 bits per heavy atom. The fourth-order valence-electron chi connectivity index (χ4n) is 2.29. The van der Waals surface area contributed by atoms with Gasteiger partial charge in [0.25, 0.3) is 0 Å². The topological polar surface area (TPSA) is 53.0 Å². The van der Waals surface area contributed by atoms with Crippen molar-refractivity contribution in [1.82, 2.24) is 0 Å². The van der Waals surface area contributed by atoms with E-state index in [1.807, 2.05) is 32.0 Å². The molecule has 0 bridgehead atoms. The quantitative estimate of drug-likeness (QED) is 0.570. The van der Waals surface area contributed by atoms with Gasteiger partial charge in [-0.15, -0.1) is 0 Å². The van der Waals surface area contributed by atoms with Crippen LogP contribution in [-0.4, -0.2) is 13.1 Å². The Balaban J connectivity index is 2.50. The Kier molecular flexibility index (Phi) is 6.38. The summed E-state index contributed by atoms with van der Waals surface area (Å²) in [6, 6.07) is 10.4. The Labute approximate surface area is 123 Å². The van der Waals surface area contributed by atoms with Crippen molar-refractivity contribution >= 4 is 11.4 Å². The molecule has 3 heteroatoms. The molecule has 1 aromatic rings. The lowest BCUT2D eigenvalue weighted by molar-refractivity contribution is 0.426. The van der Waals surface area contributed by atoms with Crippen LogP contribution in [0, 0.1) is 16.7 Å². The number of nitriles is 1. The molecule has 1 aromatic carbocycles. The van der Waals surface area contributed by atoms with Crippen molar-refractivity contribution in [3.63, 3.8) is 0 Å². The number of hydrogen-bond donors (Lipinski definition) is 1. The molecule has 0 radical (unpaired) electrons. The van der Waals surface area contributed by atoms with Crippen LogP contribution in [-0.2, 0) is 0 Å². The van der Waals surface area contributed by atoms with Crippen LogP contribution in [0.1, 0.15) is 46.5 Å². The number of anilines is 2. The van der Waals surface area contributed by atoms with Crippen LogP contribution in [0.5, 0.6) is 0 Å². The minimum Gasteiger partial charge on any atom is -0.399 e. The molecular formula is C17H27N3. The van der Waals surface area contributed by atoms with Gasteiger partial charge in [-0.2, -0.15) is 5.26 Å². The molecule has 0 saturated heterocycles. The predicted molar refractivity (Wildman–Crippen MR) is 86.6 cm³/mol. The third-order valence-corrected chi connectivity index (χ3v) is 3.51. The summed E-state index contributed by atoms with van der Waals surface area (Å²) < 4.78 is 0. The number of unbranched alkanes of at least 4 members (excludes halogenated alkanes) is 1. The highest BCUT2D eigenvalue weighted by atomic mass is 15.1. The molecule has 20 heavy (non-hydrogen) atoms. The van der Waals surface area contributed by atoms with Crippen molar-refractivity contribution in [3.8, 4) is 6.07 Å². The first-order valence-corrected chi connectivity index (χ1v) is 7.50. The molecule has 0 unspecified atom stereocenters. The van der Waals surface area contributed by atoms with Crippen LogP contribution in [0.2, 0.25) is 0 Å². The largest absolute Gasteiger partial charge is 0.399 e. The second-order valence-corrected chi connectivity index (χ2v) is 6.03. The van der Waals surface area contributed by atoms with E-state index < -0.39 is 0 Å². The highest BCUT2D eigenvalue weighted by Gasteiger charge is 2.15. The monoisotopic (exact) mass is 273 g/mol. The number of rotatable bonds is 8. The molecule has 3 nitrogen and oxygen atoms in total. The first kappa shape index (κ1) is 16.4. The minimum absolute atomic E-state index is 0.202. The summed E-state index contributed by atoms with van der Waals surface area (Å²) in [5, 5.41) is 9.02. The fraction of sp³-hybridized carbons (Fsp3) is 0.588. The number of nitrogens with two attached hydrogens (primary N) is 1. The van der Waals surface area contributed by atoms with Gasteiger partial charge in [-0.3, -0.25) is 0 Å². The molecule has 0 spiro atoms. The highest BCUT2D eigenvalue weighted by Crippen LogP contribution is 2.23. The molecule has 0 amide bonds. The fourth-order valence-corrected chi connectivity index (χ4v) is 2.29. The van der Waals surface area contributed by atoms with Gasteiger partial charge >= 0.3 is 0 Å². The molecule has 0 heterocycles. The number of hydrogen-bond acceptors (Lipinski definition) is 3. The predicted octanol–water partition coefficient (Wildman–Crippen LogP) is 4.21. The maximum absolute atomic E-state index is 9.02. The van der Waals surface area contributed by atoms with Crippen molar-refractivity contribution in [2.75, 3.05) is 23.7 Å². The summed E-state index contributed by atoms with van der Waals surface area (Å²) in [4.78, 5) is 2.38. The Bertz CT molecular complexity index is 446. The van der Waals surface area contributed by atoms with Gasteiger partial charge in [0.05, 0.1) is 11.5 Å². The standard InChI is InChI=1S/C17H27N3/c1-4-11-20(16-9-7-8-15(19)13-16)12-6-5-10-17(2,3)14-18/h7-9,13H,4-6,10-12,19H2,1-3H3. The number of nitrogens with zero attached hydrogens (tertiary/aromatic N) is 2. The van der Waals surface area contributed by atoms with Gasteiger partial charge in [0.2, 0.25) is 0 Å². The van der Waals surface area contributed by atoms with Crippen LogP contribution in [0.3, 0.4) is 0 Å². The zero-order chi connectivity index (χ0) is 15.0. The van der Waals surface area contributed by atoms with Gasteiger partial charge < -0.3 is 10.6 Å². The van der Waals surface area contributed by atoms with E-state index in [1.165, 1.54) is 5.69 Å². The summed E-state index contributed by atoms with van der Waals surface area (Å²) in [6.07, 6.45) is 4.28. The van der Waals surface area contributed by atoms with E-state index in [-0.39, 0.29) is 5.41 Å². The van der Waals surface area contributed by atoms with Gasteiger partial charge in [0, 0.05) is 24.5 Å². The lowest BCUT2D eigenvalue weighted by Crippen LogP contribution is -2.25. The van der Waals surface area contributed by atoms with E-state index >= 15 is 0 Å². The zero-order valence-corrected chi connectivity index (χ0v) is 13.0. The van der Waals surface area contributed by atoms with Crippen LogP contribution in [0.4, 0.5) is 11.4 Å². The molecule has 0 fully saturated rings. The third-order valence-electron chi connectivity index (χ3n) is 3.51. The maximum Gasteiger partial charge on any atom is 0.0683 e. The lowest BCUT2D eigenvalue weighted by Gasteiger charge is -2.25. The molecule has 0 saturated carbocycles. The molecule has 110 valence electrons. The summed E-state index contributed by atoms with van der Waals surface area (Å²) in [6.45, 7) is 8.28. The average molecular weight is 273 g/mol. The summed E-state index contributed by atoms with van der Waals surface area (Å²) in [7, 11) is 0. The highest BCUT2D eigenvalue weighted by molar-refractivity contribution is 5.55. The molecule has 1 rings (SSSR count). The maximum atomic E-state index is 9.02. The van der Waals surface area contributed by atoms with E-state index in [2.05, 4.69) is 24.0 Å². The Morgan fingerprint density at radius 1 is 1.25 bits per heavy atom. The summed E-state index contributed by atoms with van der Waals surface area (Å²) >= 11 is 0. The van der Waals surface area contributed by atoms with E-state index in [4.69, 9.17) is 11.0 Å². The second-order valence-electron chi connectivity index (χ2n) is 6.03. The van der Waals surface area contributed by atoms with Crippen molar-refractivity contribution in [2.24, 2.45) is 5.41 Å². The van der Waals surface area contributed by atoms with Gasteiger partial charge in [0.1, 0.15) is 0 Å². The van der Waals surface area contributed by atoms with Crippen molar-refractivity contribution in [3.05, 3.63) is 24.3 Å². The van der Waals surface area contributed by atoms with Gasteiger partial charge in [0.15, 0.2) is 0 Å². The molecule has 0 aliphatic rings. The summed E-state index contributed by atoms with van der Waals surface area (Å²) in [5.74, 6) is 0. The van der Waals surface area contributed by atoms with Crippen molar-refractivity contribution in [2.45, 2.75) is 46.5 Å². The SMILES string of the molecule is CCCN(CCCCC(C)(C)C#N)c1cccc(N)c1. The Morgan fingerprint density at radius 3 is 2.60 bits per heavy atom. The van der Waals surface area contributed by atoms with Gasteiger partial charge in [-0.25, -0.2) is 0 Å². The van der Waals surface area contributed by atoms with E-state index in [0.717, 1.165) is 44.5 Å². The van der Waals surface area contributed by atoms with Gasteiger partial charge in [-0.1, -0.05) is 19.4 Å². The first-order chi connectivity index (χ1) is 9.48. The van der Waals surface area contributed by atoms with E-state index in [9.17, 15) is 0 Å². The normalized spacial score (nSPS) is 11.1. The van der Waals surface area contributed by atoms with Crippen LogP contribution in [0.15, 0.2) is 24.3 Å². The molecule has 0 atom stereocenters. The van der Waals surface area contributed by atoms with E-state index in [0.29, 0.717) is 0 Å². The number of nitrogen functional groups attached to an aromatic ring is 1. The average Bonchev–Trinajstić information content (AvgIpc) is 2.42. The Hall–Kier alpha value is -1.69. The lowest BCUT2D eigenvalue weighted by atomic mass is 9.89. The molecule has 2 N–H and O–H groups in total.